The number of hydrogen-bond acceptors (Lipinski definition) is 6. The van der Waals surface area contributed by atoms with Crippen LogP contribution in [0.2, 0.25) is 0 Å². The Labute approximate surface area is 225 Å². The molecule has 1 saturated heterocycles. The maximum absolute atomic E-state index is 13.8. The maximum atomic E-state index is 13.8. The lowest BCUT2D eigenvalue weighted by Gasteiger charge is -2.49. The van der Waals surface area contributed by atoms with E-state index in [4.69, 9.17) is 27.9 Å². The average molecular weight is 557 g/mol. The molecule has 0 bridgehead atoms. The number of carbonyl (C=O) groups excluding carboxylic acids is 2. The monoisotopic (exact) mass is 556 g/mol. The molecule has 38 heavy (non-hydrogen) atoms. The van der Waals surface area contributed by atoms with Gasteiger partial charge in [0.15, 0.2) is 21.2 Å². The number of likely N-dealkylation sites (tertiary alicyclic amines) is 1. The van der Waals surface area contributed by atoms with Crippen LogP contribution in [0, 0.1) is 0 Å². The van der Waals surface area contributed by atoms with Crippen LogP contribution < -0.4 is 16.1 Å². The van der Waals surface area contributed by atoms with E-state index in [9.17, 15) is 24.3 Å². The number of benzene rings is 2. The van der Waals surface area contributed by atoms with Gasteiger partial charge < -0.3 is 9.84 Å². The number of amides is 2. The number of rotatable bonds is 3. The first-order valence-electron chi connectivity index (χ1n) is 11.8. The lowest BCUT2D eigenvalue weighted by molar-refractivity contribution is -0.137. The number of nitrogens with zero attached hydrogens (tertiary/aromatic N) is 4. The predicted molar refractivity (Wildman–Crippen MR) is 138 cm³/mol. The van der Waals surface area contributed by atoms with Crippen molar-refractivity contribution < 1.29 is 19.4 Å². The van der Waals surface area contributed by atoms with Crippen molar-refractivity contribution in [1.82, 2.24) is 18.8 Å². The summed E-state index contributed by atoms with van der Waals surface area (Å²) in [5.74, 6) is -2.34. The molecule has 3 heterocycles. The number of methoxy groups -OCH3 is 1. The van der Waals surface area contributed by atoms with E-state index in [1.54, 1.807) is 42.5 Å². The molecule has 10 nitrogen and oxygen atoms in total. The third-order valence-electron chi connectivity index (χ3n) is 7.83. The number of para-hydroxylation sites is 1. The summed E-state index contributed by atoms with van der Waals surface area (Å²) in [7, 11) is 2.70. The molecule has 6 rings (SSSR count). The van der Waals surface area contributed by atoms with Crippen LogP contribution in [0.1, 0.15) is 23.9 Å². The van der Waals surface area contributed by atoms with Gasteiger partial charge in [0, 0.05) is 19.4 Å². The Kier molecular flexibility index (Phi) is 5.25. The van der Waals surface area contributed by atoms with E-state index in [2.05, 4.69) is 0 Å². The summed E-state index contributed by atoms with van der Waals surface area (Å²) in [5, 5.41) is 10.2. The third kappa shape index (κ3) is 2.90. The summed E-state index contributed by atoms with van der Waals surface area (Å²) in [6.07, 6.45) is 1.56. The van der Waals surface area contributed by atoms with Gasteiger partial charge in [-0.1, -0.05) is 30.3 Å². The van der Waals surface area contributed by atoms with Crippen molar-refractivity contribution in [2.75, 3.05) is 14.2 Å². The Morgan fingerprint density at radius 2 is 1.71 bits per heavy atom. The standard InChI is InChI=1S/C26H22Cl2N4O6/c1-29-21(34)25(27)13-17-16(20(26(25,28)22(29)35)14-8-9-18(33)19(12-14)38-2)10-11-30-23(36)31(24(37)32(17)30)15-6-4-3-5-7-15/h3-10,12,17,20,33H,11,13H2,1-2H3/t17-,20+,25-,26+/m1/s1. The fourth-order valence-electron chi connectivity index (χ4n) is 6.05. The first kappa shape index (κ1) is 24.6. The number of fused-ring (bicyclic) bond motifs is 4. The molecule has 196 valence electrons. The molecule has 2 fully saturated rings. The van der Waals surface area contributed by atoms with Gasteiger partial charge in [-0.05, 0) is 35.4 Å². The van der Waals surface area contributed by atoms with Crippen molar-refractivity contribution >= 4 is 35.0 Å². The van der Waals surface area contributed by atoms with Gasteiger partial charge in [0.25, 0.3) is 11.8 Å². The third-order valence-corrected chi connectivity index (χ3v) is 9.25. The molecule has 3 aromatic rings. The highest BCUT2D eigenvalue weighted by Gasteiger charge is 2.74. The van der Waals surface area contributed by atoms with Gasteiger partial charge >= 0.3 is 11.4 Å². The van der Waals surface area contributed by atoms with Crippen LogP contribution in [0.4, 0.5) is 0 Å². The molecular formula is C26H22Cl2N4O6. The molecule has 1 aromatic heterocycles. The minimum Gasteiger partial charge on any atom is -0.504 e. The van der Waals surface area contributed by atoms with Gasteiger partial charge in [-0.2, -0.15) is 0 Å². The second-order valence-corrected chi connectivity index (χ2v) is 10.9. The van der Waals surface area contributed by atoms with Gasteiger partial charge in [-0.25, -0.2) is 23.5 Å². The number of ether oxygens (including phenoxy) is 1. The van der Waals surface area contributed by atoms with Crippen LogP contribution in [0.3, 0.4) is 0 Å². The number of hydrogen-bond donors (Lipinski definition) is 1. The summed E-state index contributed by atoms with van der Waals surface area (Å²) in [6.45, 7) is 0.0334. The Bertz CT molecular complexity index is 1670. The molecule has 0 radical (unpaired) electrons. The van der Waals surface area contributed by atoms with Crippen molar-refractivity contribution in [2.45, 2.75) is 34.7 Å². The van der Waals surface area contributed by atoms with Crippen molar-refractivity contribution in [2.24, 2.45) is 0 Å². The van der Waals surface area contributed by atoms with Crippen LogP contribution in [0.15, 0.2) is 69.8 Å². The van der Waals surface area contributed by atoms with E-state index in [-0.39, 0.29) is 24.5 Å². The maximum Gasteiger partial charge on any atom is 0.352 e. The van der Waals surface area contributed by atoms with Gasteiger partial charge in [0.05, 0.1) is 25.4 Å². The van der Waals surface area contributed by atoms with Crippen molar-refractivity contribution in [3.8, 4) is 17.2 Å². The van der Waals surface area contributed by atoms with Gasteiger partial charge in [0.1, 0.15) is 0 Å². The molecule has 0 unspecified atom stereocenters. The van der Waals surface area contributed by atoms with E-state index in [1.165, 1.54) is 35.7 Å². The Morgan fingerprint density at radius 3 is 2.39 bits per heavy atom. The largest absolute Gasteiger partial charge is 0.504 e. The van der Waals surface area contributed by atoms with Crippen molar-refractivity contribution in [1.29, 1.82) is 0 Å². The molecule has 2 aromatic carbocycles. The molecule has 4 atom stereocenters. The minimum atomic E-state index is -1.93. The minimum absolute atomic E-state index is 0.0334. The zero-order valence-electron chi connectivity index (χ0n) is 20.3. The second-order valence-electron chi connectivity index (χ2n) is 9.63. The molecule has 1 saturated carbocycles. The number of halogens is 2. The number of phenolic OH excluding ortho intramolecular Hbond substituents is 1. The lowest BCUT2D eigenvalue weighted by atomic mass is 9.64. The van der Waals surface area contributed by atoms with Gasteiger partial charge in [-0.3, -0.25) is 14.5 Å². The summed E-state index contributed by atoms with van der Waals surface area (Å²) < 4.78 is 8.94. The Hall–Kier alpha value is -3.76. The average Bonchev–Trinajstić information content (AvgIpc) is 3.24. The van der Waals surface area contributed by atoms with Crippen LogP contribution in [-0.4, -0.2) is 59.7 Å². The summed E-state index contributed by atoms with van der Waals surface area (Å²) in [4.78, 5) is 51.2. The van der Waals surface area contributed by atoms with Crippen molar-refractivity contribution in [3.63, 3.8) is 0 Å². The highest BCUT2D eigenvalue weighted by atomic mass is 35.5. The fourth-order valence-corrected chi connectivity index (χ4v) is 7.05. The zero-order valence-corrected chi connectivity index (χ0v) is 21.8. The first-order chi connectivity index (χ1) is 18.1. The molecular weight excluding hydrogens is 535 g/mol. The molecule has 12 heteroatoms. The number of imide groups is 1. The zero-order chi connectivity index (χ0) is 27.1. The van der Waals surface area contributed by atoms with E-state index in [1.807, 2.05) is 0 Å². The molecule has 3 aliphatic rings. The molecule has 0 spiro atoms. The number of allylic oxidation sites excluding steroid dienone is 2. The molecule has 1 aliphatic carbocycles. The highest BCUT2D eigenvalue weighted by Crippen LogP contribution is 2.63. The lowest BCUT2D eigenvalue weighted by Crippen LogP contribution is -2.59. The highest BCUT2D eigenvalue weighted by molar-refractivity contribution is 6.53. The molecule has 1 N–H and O–H groups in total. The van der Waals surface area contributed by atoms with Crippen LogP contribution >= 0.6 is 23.2 Å². The quantitative estimate of drug-likeness (QED) is 0.300. The van der Waals surface area contributed by atoms with E-state index in [0.717, 1.165) is 9.47 Å². The number of alkyl halides is 2. The van der Waals surface area contributed by atoms with Gasteiger partial charge in [0.2, 0.25) is 0 Å². The SMILES string of the molecule is COc1cc([C@H]2C3=CCn4c(=O)n(-c5ccccc5)c(=O)n4[C@@H]3C[C@@]3(Cl)C(=O)N(C)C(=O)[C@@]23Cl)ccc1O. The smallest absolute Gasteiger partial charge is 0.352 e. The number of aromatic nitrogens is 3. The molecule has 2 amide bonds. The number of carbonyl (C=O) groups is 2. The normalized spacial score (nSPS) is 28.0. The van der Waals surface area contributed by atoms with E-state index >= 15 is 0 Å². The first-order valence-corrected chi connectivity index (χ1v) is 12.6. The van der Waals surface area contributed by atoms with Crippen molar-refractivity contribution in [3.05, 3.63) is 86.7 Å². The van der Waals surface area contributed by atoms with E-state index < -0.39 is 44.9 Å². The Balaban J connectivity index is 1.62. The second kappa shape index (κ2) is 8.12. The van der Waals surface area contributed by atoms with Crippen LogP contribution in [-0.2, 0) is 16.1 Å². The summed E-state index contributed by atoms with van der Waals surface area (Å²) in [6, 6.07) is 12.2. The van der Waals surface area contributed by atoms with Crippen LogP contribution in [0.5, 0.6) is 11.5 Å². The number of phenols is 1. The molecule has 2 aliphatic heterocycles. The van der Waals surface area contributed by atoms with E-state index in [0.29, 0.717) is 16.8 Å². The summed E-state index contributed by atoms with van der Waals surface area (Å²) in [5.41, 5.74) is 0.266. The Morgan fingerprint density at radius 1 is 1.00 bits per heavy atom. The van der Waals surface area contributed by atoms with Crippen LogP contribution in [0.25, 0.3) is 5.69 Å². The van der Waals surface area contributed by atoms with Gasteiger partial charge in [-0.15, -0.1) is 23.2 Å². The number of aromatic hydroxyl groups is 1. The summed E-state index contributed by atoms with van der Waals surface area (Å²) >= 11 is 14.2. The fraction of sp³-hybridized carbons (Fsp3) is 0.308. The predicted octanol–water partition coefficient (Wildman–Crippen LogP) is 2.14. The topological polar surface area (TPSA) is 116 Å².